The number of amides is 1. The Morgan fingerprint density at radius 1 is 1.47 bits per heavy atom. The zero-order valence-corrected chi connectivity index (χ0v) is 10.7. The zero-order valence-electron chi connectivity index (χ0n) is 10.7. The standard InChI is InChI=1S/C12H15N5O2/c1-6-7(2)19-11(17-6)5-15-9-4-16-10(13)3-8(9)12(14)18/h3-4,15H,5H2,1-2H3,(H2,13,16)(H2,14,18). The van der Waals surface area contributed by atoms with Crippen LogP contribution in [0.5, 0.6) is 0 Å². The SMILES string of the molecule is Cc1nc(CNc2cnc(N)cc2C(N)=O)oc1C. The normalized spacial score (nSPS) is 10.4. The van der Waals surface area contributed by atoms with Crippen molar-refractivity contribution in [1.82, 2.24) is 9.97 Å². The molecule has 0 fully saturated rings. The Kier molecular flexibility index (Phi) is 3.37. The van der Waals surface area contributed by atoms with Gasteiger partial charge in [0.2, 0.25) is 5.89 Å². The predicted molar refractivity (Wildman–Crippen MR) is 70.5 cm³/mol. The van der Waals surface area contributed by atoms with E-state index in [0.717, 1.165) is 11.5 Å². The lowest BCUT2D eigenvalue weighted by molar-refractivity contribution is 0.100. The fourth-order valence-electron chi connectivity index (χ4n) is 1.60. The van der Waals surface area contributed by atoms with E-state index in [-0.39, 0.29) is 11.4 Å². The molecule has 0 radical (unpaired) electrons. The first-order valence-corrected chi connectivity index (χ1v) is 5.69. The van der Waals surface area contributed by atoms with E-state index in [1.807, 2.05) is 13.8 Å². The van der Waals surface area contributed by atoms with E-state index in [1.165, 1.54) is 12.3 Å². The summed E-state index contributed by atoms with van der Waals surface area (Å²) in [7, 11) is 0. The summed E-state index contributed by atoms with van der Waals surface area (Å²) in [5.41, 5.74) is 12.4. The number of nitrogens with two attached hydrogens (primary N) is 2. The first kappa shape index (κ1) is 12.9. The summed E-state index contributed by atoms with van der Waals surface area (Å²) in [6.07, 6.45) is 1.46. The average Bonchev–Trinajstić information content (AvgIpc) is 2.67. The van der Waals surface area contributed by atoms with Gasteiger partial charge in [0.1, 0.15) is 11.6 Å². The van der Waals surface area contributed by atoms with Gasteiger partial charge >= 0.3 is 0 Å². The van der Waals surface area contributed by atoms with Gasteiger partial charge in [-0.15, -0.1) is 0 Å². The Hall–Kier alpha value is -2.57. The van der Waals surface area contributed by atoms with Crippen LogP contribution in [0.2, 0.25) is 0 Å². The van der Waals surface area contributed by atoms with Crippen molar-refractivity contribution in [3.63, 3.8) is 0 Å². The topological polar surface area (TPSA) is 120 Å². The van der Waals surface area contributed by atoms with Gasteiger partial charge in [-0.25, -0.2) is 9.97 Å². The van der Waals surface area contributed by atoms with Gasteiger partial charge < -0.3 is 21.2 Å². The molecule has 0 saturated heterocycles. The van der Waals surface area contributed by atoms with Crippen LogP contribution >= 0.6 is 0 Å². The fraction of sp³-hybridized carbons (Fsp3) is 0.250. The van der Waals surface area contributed by atoms with Crippen molar-refractivity contribution in [2.45, 2.75) is 20.4 Å². The minimum atomic E-state index is -0.573. The maximum absolute atomic E-state index is 11.3. The smallest absolute Gasteiger partial charge is 0.250 e. The highest BCUT2D eigenvalue weighted by atomic mass is 16.4. The first-order chi connectivity index (χ1) is 8.97. The summed E-state index contributed by atoms with van der Waals surface area (Å²) in [5, 5.41) is 3.00. The predicted octanol–water partition coefficient (Wildman–Crippen LogP) is 0.980. The zero-order chi connectivity index (χ0) is 14.0. The first-order valence-electron chi connectivity index (χ1n) is 5.69. The molecule has 0 saturated carbocycles. The number of primary amides is 1. The number of aryl methyl sites for hydroxylation is 2. The molecule has 2 heterocycles. The average molecular weight is 261 g/mol. The van der Waals surface area contributed by atoms with Crippen molar-refractivity contribution in [3.05, 3.63) is 35.2 Å². The van der Waals surface area contributed by atoms with Crippen molar-refractivity contribution in [1.29, 1.82) is 0 Å². The van der Waals surface area contributed by atoms with Crippen LogP contribution in [0.4, 0.5) is 11.5 Å². The van der Waals surface area contributed by atoms with Crippen LogP contribution in [0.3, 0.4) is 0 Å². The van der Waals surface area contributed by atoms with E-state index in [1.54, 1.807) is 0 Å². The van der Waals surface area contributed by atoms with Gasteiger partial charge in [0.25, 0.3) is 5.91 Å². The molecular weight excluding hydrogens is 246 g/mol. The third-order valence-corrected chi connectivity index (χ3v) is 2.69. The van der Waals surface area contributed by atoms with E-state index < -0.39 is 5.91 Å². The Morgan fingerprint density at radius 3 is 2.79 bits per heavy atom. The van der Waals surface area contributed by atoms with E-state index in [2.05, 4.69) is 15.3 Å². The number of pyridine rings is 1. The van der Waals surface area contributed by atoms with Gasteiger partial charge in [-0.1, -0.05) is 0 Å². The fourth-order valence-corrected chi connectivity index (χ4v) is 1.60. The number of nitrogen functional groups attached to an aromatic ring is 1. The number of rotatable bonds is 4. The maximum atomic E-state index is 11.3. The third-order valence-electron chi connectivity index (χ3n) is 2.69. The Morgan fingerprint density at radius 2 is 2.21 bits per heavy atom. The highest BCUT2D eigenvalue weighted by Crippen LogP contribution is 2.17. The molecule has 2 aromatic heterocycles. The highest BCUT2D eigenvalue weighted by molar-refractivity contribution is 5.98. The Balaban J connectivity index is 2.17. The van der Waals surface area contributed by atoms with Crippen LogP contribution in [0.15, 0.2) is 16.7 Å². The second-order valence-corrected chi connectivity index (χ2v) is 4.12. The molecule has 2 aromatic rings. The molecule has 19 heavy (non-hydrogen) atoms. The number of oxazole rings is 1. The number of nitrogens with one attached hydrogen (secondary N) is 1. The number of aromatic nitrogens is 2. The van der Waals surface area contributed by atoms with Crippen molar-refractivity contribution in [2.75, 3.05) is 11.1 Å². The van der Waals surface area contributed by atoms with Crippen molar-refractivity contribution in [2.24, 2.45) is 5.73 Å². The molecule has 0 aliphatic carbocycles. The van der Waals surface area contributed by atoms with Crippen molar-refractivity contribution < 1.29 is 9.21 Å². The summed E-state index contributed by atoms with van der Waals surface area (Å²) in [4.78, 5) is 19.4. The second-order valence-electron chi connectivity index (χ2n) is 4.12. The summed E-state index contributed by atoms with van der Waals surface area (Å²) in [6, 6.07) is 1.43. The van der Waals surface area contributed by atoms with Crippen molar-refractivity contribution in [3.8, 4) is 0 Å². The summed E-state index contributed by atoms with van der Waals surface area (Å²) >= 11 is 0. The lowest BCUT2D eigenvalue weighted by atomic mass is 10.2. The minimum Gasteiger partial charge on any atom is -0.444 e. The molecule has 1 amide bonds. The summed E-state index contributed by atoms with van der Waals surface area (Å²) in [5.74, 6) is 0.961. The van der Waals surface area contributed by atoms with Gasteiger partial charge in [0, 0.05) is 0 Å². The molecule has 2 rings (SSSR count). The van der Waals surface area contributed by atoms with Gasteiger partial charge in [0.05, 0.1) is 29.7 Å². The monoisotopic (exact) mass is 261 g/mol. The van der Waals surface area contributed by atoms with E-state index in [9.17, 15) is 4.79 Å². The Bertz CT molecular complexity index is 601. The largest absolute Gasteiger partial charge is 0.444 e. The molecule has 100 valence electrons. The van der Waals surface area contributed by atoms with Crippen LogP contribution < -0.4 is 16.8 Å². The van der Waals surface area contributed by atoms with E-state index in [0.29, 0.717) is 18.1 Å². The number of hydrogen-bond acceptors (Lipinski definition) is 6. The van der Waals surface area contributed by atoms with Gasteiger partial charge in [-0.05, 0) is 19.9 Å². The molecule has 0 atom stereocenters. The number of hydrogen-bond donors (Lipinski definition) is 3. The lowest BCUT2D eigenvalue weighted by Crippen LogP contribution is -2.15. The lowest BCUT2D eigenvalue weighted by Gasteiger charge is -2.08. The molecule has 0 bridgehead atoms. The molecule has 0 unspecified atom stereocenters. The molecular formula is C12H15N5O2. The molecule has 7 nitrogen and oxygen atoms in total. The minimum absolute atomic E-state index is 0.238. The van der Waals surface area contributed by atoms with Gasteiger partial charge in [-0.3, -0.25) is 4.79 Å². The van der Waals surface area contributed by atoms with Crippen LogP contribution in [-0.4, -0.2) is 15.9 Å². The Labute approximate surface area is 110 Å². The van der Waals surface area contributed by atoms with Gasteiger partial charge in [-0.2, -0.15) is 0 Å². The van der Waals surface area contributed by atoms with Crippen LogP contribution in [-0.2, 0) is 6.54 Å². The highest BCUT2D eigenvalue weighted by Gasteiger charge is 2.11. The quantitative estimate of drug-likeness (QED) is 0.754. The molecule has 0 aliphatic heterocycles. The van der Waals surface area contributed by atoms with Crippen LogP contribution in [0.1, 0.15) is 27.7 Å². The van der Waals surface area contributed by atoms with Gasteiger partial charge in [0.15, 0.2) is 0 Å². The van der Waals surface area contributed by atoms with E-state index >= 15 is 0 Å². The summed E-state index contributed by atoms with van der Waals surface area (Å²) < 4.78 is 5.43. The summed E-state index contributed by atoms with van der Waals surface area (Å²) in [6.45, 7) is 4.04. The van der Waals surface area contributed by atoms with Crippen LogP contribution in [0, 0.1) is 13.8 Å². The molecule has 0 aliphatic rings. The third kappa shape index (κ3) is 2.82. The second kappa shape index (κ2) is 4.97. The maximum Gasteiger partial charge on any atom is 0.250 e. The molecule has 0 aromatic carbocycles. The number of carbonyl (C=O) groups excluding carboxylic acids is 1. The molecule has 7 heteroatoms. The number of nitrogens with zero attached hydrogens (tertiary/aromatic N) is 2. The molecule has 0 spiro atoms. The van der Waals surface area contributed by atoms with Crippen molar-refractivity contribution >= 4 is 17.4 Å². The number of anilines is 2. The van der Waals surface area contributed by atoms with E-state index in [4.69, 9.17) is 15.9 Å². The van der Waals surface area contributed by atoms with Crippen LogP contribution in [0.25, 0.3) is 0 Å². The number of carbonyl (C=O) groups is 1. The molecule has 5 N–H and O–H groups in total.